The van der Waals surface area contributed by atoms with Crippen LogP contribution in [0.2, 0.25) is 0 Å². The molecule has 6 heteroatoms. The SMILES string of the molecule is Cl.O=C(O)CCCN1CCCCC1COc1ccc(Cc2ccc(-c3ccsc3)cc2)cc1. The number of rotatable bonds is 10. The number of carboxylic acid groups (broad SMARTS) is 1. The van der Waals surface area contributed by atoms with E-state index in [0.29, 0.717) is 19.1 Å². The van der Waals surface area contributed by atoms with Crippen molar-refractivity contribution in [3.63, 3.8) is 0 Å². The minimum atomic E-state index is -0.715. The van der Waals surface area contributed by atoms with Gasteiger partial charge in [-0.3, -0.25) is 9.69 Å². The van der Waals surface area contributed by atoms with Gasteiger partial charge >= 0.3 is 5.97 Å². The third-order valence-corrected chi connectivity index (χ3v) is 6.85. The highest BCUT2D eigenvalue weighted by Gasteiger charge is 2.22. The molecule has 176 valence electrons. The van der Waals surface area contributed by atoms with Crippen molar-refractivity contribution < 1.29 is 14.6 Å². The molecule has 1 aliphatic heterocycles. The first-order valence-electron chi connectivity index (χ1n) is 11.5. The summed E-state index contributed by atoms with van der Waals surface area (Å²) >= 11 is 1.72. The number of nitrogens with zero attached hydrogens (tertiary/aromatic N) is 1. The maximum atomic E-state index is 10.8. The third kappa shape index (κ3) is 7.60. The zero-order valence-electron chi connectivity index (χ0n) is 18.8. The zero-order chi connectivity index (χ0) is 22.2. The van der Waals surface area contributed by atoms with Gasteiger partial charge in [-0.25, -0.2) is 0 Å². The standard InChI is InChI=1S/C27H31NO3S.ClH/c29-27(30)5-3-16-28-15-2-1-4-25(28)19-31-26-12-8-22(9-13-26)18-21-6-10-23(11-7-21)24-14-17-32-20-24;/h6-14,17,20,25H,1-5,15-16,18-19H2,(H,29,30);1H. The summed E-state index contributed by atoms with van der Waals surface area (Å²) in [5.74, 6) is 0.186. The Hall–Kier alpha value is -2.34. The van der Waals surface area contributed by atoms with E-state index >= 15 is 0 Å². The van der Waals surface area contributed by atoms with Crippen LogP contribution in [-0.2, 0) is 11.2 Å². The summed E-state index contributed by atoms with van der Waals surface area (Å²) in [6.07, 6.45) is 5.37. The lowest BCUT2D eigenvalue weighted by Gasteiger charge is -2.35. The topological polar surface area (TPSA) is 49.8 Å². The lowest BCUT2D eigenvalue weighted by molar-refractivity contribution is -0.137. The fourth-order valence-corrected chi connectivity index (χ4v) is 5.02. The summed E-state index contributed by atoms with van der Waals surface area (Å²) < 4.78 is 6.11. The highest BCUT2D eigenvalue weighted by Crippen LogP contribution is 2.24. The van der Waals surface area contributed by atoms with Crippen LogP contribution < -0.4 is 4.74 Å². The molecule has 0 spiro atoms. The van der Waals surface area contributed by atoms with Crippen LogP contribution in [0, 0.1) is 0 Å². The van der Waals surface area contributed by atoms with Crippen LogP contribution >= 0.6 is 23.7 Å². The molecule has 0 aliphatic carbocycles. The molecular weight excluding hydrogens is 454 g/mol. The van der Waals surface area contributed by atoms with Gasteiger partial charge < -0.3 is 9.84 Å². The summed E-state index contributed by atoms with van der Waals surface area (Å²) in [4.78, 5) is 13.2. The summed E-state index contributed by atoms with van der Waals surface area (Å²) in [7, 11) is 0. The van der Waals surface area contributed by atoms with E-state index in [1.165, 1.54) is 35.1 Å². The largest absolute Gasteiger partial charge is 0.492 e. The van der Waals surface area contributed by atoms with Crippen molar-refractivity contribution in [1.29, 1.82) is 0 Å². The molecule has 1 saturated heterocycles. The molecule has 1 aliphatic rings. The molecule has 1 unspecified atom stereocenters. The number of likely N-dealkylation sites (tertiary alicyclic amines) is 1. The Balaban J connectivity index is 0.00000306. The minimum Gasteiger partial charge on any atom is -0.492 e. The average molecular weight is 486 g/mol. The lowest BCUT2D eigenvalue weighted by atomic mass is 10.0. The van der Waals surface area contributed by atoms with Gasteiger partial charge in [-0.2, -0.15) is 11.3 Å². The molecule has 2 heterocycles. The number of halogens is 1. The third-order valence-electron chi connectivity index (χ3n) is 6.17. The van der Waals surface area contributed by atoms with Crippen molar-refractivity contribution in [3.05, 3.63) is 76.5 Å². The van der Waals surface area contributed by atoms with E-state index in [0.717, 1.165) is 31.7 Å². The van der Waals surface area contributed by atoms with E-state index in [2.05, 4.69) is 70.3 Å². The molecule has 1 N–H and O–H groups in total. The number of hydrogen-bond acceptors (Lipinski definition) is 4. The molecule has 4 nitrogen and oxygen atoms in total. The molecule has 0 radical (unpaired) electrons. The van der Waals surface area contributed by atoms with Gasteiger partial charge in [0.2, 0.25) is 0 Å². The Labute approximate surface area is 206 Å². The quantitative estimate of drug-likeness (QED) is 0.355. The molecule has 33 heavy (non-hydrogen) atoms. The molecule has 1 atom stereocenters. The van der Waals surface area contributed by atoms with Gasteiger partial charge in [-0.15, -0.1) is 12.4 Å². The average Bonchev–Trinajstić information content (AvgIpc) is 3.35. The maximum absolute atomic E-state index is 10.8. The number of carboxylic acids is 1. The highest BCUT2D eigenvalue weighted by atomic mass is 35.5. The van der Waals surface area contributed by atoms with Crippen LogP contribution in [-0.4, -0.2) is 41.7 Å². The Kier molecular flexibility index (Phi) is 9.79. The van der Waals surface area contributed by atoms with Crippen LogP contribution in [0.1, 0.15) is 43.2 Å². The van der Waals surface area contributed by atoms with Crippen LogP contribution in [0.3, 0.4) is 0 Å². The lowest BCUT2D eigenvalue weighted by Crippen LogP contribution is -2.43. The first-order chi connectivity index (χ1) is 15.7. The first-order valence-corrected chi connectivity index (χ1v) is 12.4. The molecule has 3 aromatic rings. The van der Waals surface area contributed by atoms with E-state index in [4.69, 9.17) is 9.84 Å². The van der Waals surface area contributed by atoms with Gasteiger partial charge in [0, 0.05) is 12.5 Å². The number of hydrogen-bond donors (Lipinski definition) is 1. The number of thiophene rings is 1. The summed E-state index contributed by atoms with van der Waals surface area (Å²) in [6.45, 7) is 2.54. The van der Waals surface area contributed by atoms with Gasteiger partial charge in [-0.1, -0.05) is 42.8 Å². The molecule has 0 saturated carbocycles. The smallest absolute Gasteiger partial charge is 0.303 e. The fraction of sp³-hybridized carbons (Fsp3) is 0.370. The van der Waals surface area contributed by atoms with Crippen LogP contribution in [0.25, 0.3) is 11.1 Å². The van der Waals surface area contributed by atoms with Gasteiger partial charge in [-0.05, 0) is 90.0 Å². The summed E-state index contributed by atoms with van der Waals surface area (Å²) in [5.41, 5.74) is 5.12. The van der Waals surface area contributed by atoms with Crippen molar-refractivity contribution in [2.45, 2.75) is 44.6 Å². The number of benzene rings is 2. The molecule has 0 amide bonds. The second kappa shape index (κ2) is 12.8. The van der Waals surface area contributed by atoms with E-state index < -0.39 is 5.97 Å². The fourth-order valence-electron chi connectivity index (χ4n) is 4.35. The predicted molar refractivity (Wildman–Crippen MR) is 138 cm³/mol. The molecule has 0 bridgehead atoms. The van der Waals surface area contributed by atoms with Crippen molar-refractivity contribution in [1.82, 2.24) is 4.90 Å². The van der Waals surface area contributed by atoms with Crippen molar-refractivity contribution in [3.8, 4) is 16.9 Å². The number of piperidine rings is 1. The normalized spacial score (nSPS) is 16.2. The van der Waals surface area contributed by atoms with Crippen molar-refractivity contribution in [2.75, 3.05) is 19.7 Å². The maximum Gasteiger partial charge on any atom is 0.303 e. The van der Waals surface area contributed by atoms with Crippen LogP contribution in [0.5, 0.6) is 5.75 Å². The second-order valence-corrected chi connectivity index (χ2v) is 9.30. The Bertz CT molecular complexity index is 974. The van der Waals surface area contributed by atoms with Gasteiger partial charge in [0.05, 0.1) is 0 Å². The highest BCUT2D eigenvalue weighted by molar-refractivity contribution is 7.08. The Morgan fingerprint density at radius 2 is 1.73 bits per heavy atom. The van der Waals surface area contributed by atoms with E-state index in [1.807, 2.05) is 0 Å². The molecule has 2 aromatic carbocycles. The molecule has 1 aromatic heterocycles. The van der Waals surface area contributed by atoms with E-state index in [9.17, 15) is 4.79 Å². The zero-order valence-corrected chi connectivity index (χ0v) is 20.5. The predicted octanol–water partition coefficient (Wildman–Crippen LogP) is 6.53. The number of aliphatic carboxylic acids is 1. The summed E-state index contributed by atoms with van der Waals surface area (Å²) in [6, 6.07) is 19.8. The molecule has 4 rings (SSSR count). The second-order valence-electron chi connectivity index (χ2n) is 8.52. The van der Waals surface area contributed by atoms with Crippen LogP contribution in [0.15, 0.2) is 65.4 Å². The van der Waals surface area contributed by atoms with E-state index in [1.54, 1.807) is 11.3 Å². The van der Waals surface area contributed by atoms with Gasteiger partial charge in [0.1, 0.15) is 12.4 Å². The summed E-state index contributed by atoms with van der Waals surface area (Å²) in [5, 5.41) is 13.2. The monoisotopic (exact) mass is 485 g/mol. The minimum absolute atomic E-state index is 0. The number of carbonyl (C=O) groups is 1. The van der Waals surface area contributed by atoms with Crippen LogP contribution in [0.4, 0.5) is 0 Å². The first kappa shape index (κ1) is 25.3. The Morgan fingerprint density at radius 1 is 1.00 bits per heavy atom. The number of ether oxygens (including phenoxy) is 1. The van der Waals surface area contributed by atoms with Gasteiger partial charge in [0.25, 0.3) is 0 Å². The van der Waals surface area contributed by atoms with Crippen molar-refractivity contribution >= 4 is 29.7 Å². The van der Waals surface area contributed by atoms with E-state index in [-0.39, 0.29) is 18.8 Å². The molecular formula is C27H32ClNO3S. The van der Waals surface area contributed by atoms with Crippen molar-refractivity contribution in [2.24, 2.45) is 0 Å². The Morgan fingerprint density at radius 3 is 2.39 bits per heavy atom. The van der Waals surface area contributed by atoms with Gasteiger partial charge in [0.15, 0.2) is 0 Å². The molecule has 1 fully saturated rings.